The molecule has 3 nitrogen and oxygen atoms in total. The Morgan fingerprint density at radius 2 is 2.10 bits per heavy atom. The monoisotopic (exact) mass is 289 g/mol. The molecule has 0 atom stereocenters. The molecule has 0 bridgehead atoms. The number of carbonyl (C=O) groups excluding carboxylic acids is 1. The number of aryl methyl sites for hydroxylation is 1. The van der Waals surface area contributed by atoms with E-state index in [1.54, 1.807) is 6.07 Å². The number of rotatable bonds is 8. The van der Waals surface area contributed by atoms with Crippen molar-refractivity contribution in [2.45, 2.75) is 53.0 Å². The number of allylic oxidation sites excluding steroid dienone is 2. The summed E-state index contributed by atoms with van der Waals surface area (Å²) >= 11 is 0. The highest BCUT2D eigenvalue weighted by Gasteiger charge is 2.02. The van der Waals surface area contributed by atoms with Gasteiger partial charge in [0, 0.05) is 13.0 Å². The highest BCUT2D eigenvalue weighted by atomic mass is 16.3. The van der Waals surface area contributed by atoms with Crippen molar-refractivity contribution in [3.05, 3.63) is 41.5 Å². The minimum Gasteiger partial charge on any atom is -0.508 e. The van der Waals surface area contributed by atoms with E-state index in [2.05, 4.69) is 31.3 Å². The molecule has 21 heavy (non-hydrogen) atoms. The molecule has 0 saturated heterocycles. The van der Waals surface area contributed by atoms with E-state index in [0.717, 1.165) is 30.4 Å². The number of phenols is 1. The van der Waals surface area contributed by atoms with Gasteiger partial charge in [-0.05, 0) is 49.3 Å². The van der Waals surface area contributed by atoms with Gasteiger partial charge in [-0.3, -0.25) is 4.79 Å². The second-order valence-electron chi connectivity index (χ2n) is 5.82. The van der Waals surface area contributed by atoms with Gasteiger partial charge >= 0.3 is 0 Å². The molecule has 0 spiro atoms. The maximum absolute atomic E-state index is 11.7. The SMILES string of the molecule is Cc1cc(CNC(=O)CCCCC=CC(C)C)ccc1O. The first-order valence-electron chi connectivity index (χ1n) is 7.71. The summed E-state index contributed by atoms with van der Waals surface area (Å²) in [5.74, 6) is 0.982. The van der Waals surface area contributed by atoms with Crippen LogP contribution in [0.1, 0.15) is 50.7 Å². The fourth-order valence-electron chi connectivity index (χ4n) is 2.03. The smallest absolute Gasteiger partial charge is 0.220 e. The summed E-state index contributed by atoms with van der Waals surface area (Å²) in [5, 5.41) is 12.4. The van der Waals surface area contributed by atoms with E-state index in [-0.39, 0.29) is 5.91 Å². The van der Waals surface area contributed by atoms with Gasteiger partial charge in [-0.25, -0.2) is 0 Å². The molecule has 0 saturated carbocycles. The van der Waals surface area contributed by atoms with Crippen LogP contribution in [0.3, 0.4) is 0 Å². The number of nitrogens with one attached hydrogen (secondary N) is 1. The topological polar surface area (TPSA) is 49.3 Å². The minimum absolute atomic E-state index is 0.0913. The predicted octanol–water partition coefficient (Wildman–Crippen LogP) is 4.09. The van der Waals surface area contributed by atoms with Crippen LogP contribution in [0.15, 0.2) is 30.4 Å². The van der Waals surface area contributed by atoms with Gasteiger partial charge < -0.3 is 10.4 Å². The third-order valence-corrected chi connectivity index (χ3v) is 3.30. The molecule has 0 heterocycles. The maximum Gasteiger partial charge on any atom is 0.220 e. The average molecular weight is 289 g/mol. The van der Waals surface area contributed by atoms with Gasteiger partial charge in [0.25, 0.3) is 0 Å². The van der Waals surface area contributed by atoms with Crippen LogP contribution < -0.4 is 5.32 Å². The first-order valence-corrected chi connectivity index (χ1v) is 7.71. The molecule has 1 rings (SSSR count). The van der Waals surface area contributed by atoms with Crippen molar-refractivity contribution in [2.75, 3.05) is 0 Å². The van der Waals surface area contributed by atoms with Crippen molar-refractivity contribution >= 4 is 5.91 Å². The summed E-state index contributed by atoms with van der Waals surface area (Å²) in [6.07, 6.45) is 7.99. The number of aromatic hydroxyl groups is 1. The third kappa shape index (κ3) is 7.54. The summed E-state index contributed by atoms with van der Waals surface area (Å²) in [6, 6.07) is 5.39. The van der Waals surface area contributed by atoms with Crippen molar-refractivity contribution < 1.29 is 9.90 Å². The summed E-state index contributed by atoms with van der Waals surface area (Å²) in [5.41, 5.74) is 1.84. The fraction of sp³-hybridized carbons (Fsp3) is 0.500. The number of benzene rings is 1. The molecule has 0 aliphatic rings. The molecule has 0 radical (unpaired) electrons. The maximum atomic E-state index is 11.7. The van der Waals surface area contributed by atoms with Crippen LogP contribution in [0.5, 0.6) is 5.75 Å². The summed E-state index contributed by atoms with van der Waals surface area (Å²) < 4.78 is 0. The zero-order valence-corrected chi connectivity index (χ0v) is 13.4. The van der Waals surface area contributed by atoms with Crippen LogP contribution in [0.25, 0.3) is 0 Å². The summed E-state index contributed by atoms with van der Waals surface area (Å²) in [6.45, 7) is 6.70. The lowest BCUT2D eigenvalue weighted by Crippen LogP contribution is -2.22. The number of amides is 1. The zero-order valence-electron chi connectivity index (χ0n) is 13.4. The Morgan fingerprint density at radius 3 is 2.76 bits per heavy atom. The van der Waals surface area contributed by atoms with Crippen molar-refractivity contribution in [1.29, 1.82) is 0 Å². The molecular weight excluding hydrogens is 262 g/mol. The van der Waals surface area contributed by atoms with Crippen molar-refractivity contribution in [2.24, 2.45) is 5.92 Å². The lowest BCUT2D eigenvalue weighted by atomic mass is 10.1. The molecule has 0 aliphatic heterocycles. The fourth-order valence-corrected chi connectivity index (χ4v) is 2.03. The molecule has 1 aromatic carbocycles. The van der Waals surface area contributed by atoms with E-state index < -0.39 is 0 Å². The Hall–Kier alpha value is -1.77. The third-order valence-electron chi connectivity index (χ3n) is 3.30. The Labute approximate surface area is 128 Å². The van der Waals surface area contributed by atoms with E-state index >= 15 is 0 Å². The van der Waals surface area contributed by atoms with Crippen LogP contribution >= 0.6 is 0 Å². The Balaban J connectivity index is 2.18. The normalized spacial score (nSPS) is 11.2. The van der Waals surface area contributed by atoms with Crippen LogP contribution in [-0.2, 0) is 11.3 Å². The lowest BCUT2D eigenvalue weighted by molar-refractivity contribution is -0.121. The molecular formula is C18H27NO2. The molecule has 0 unspecified atom stereocenters. The first-order chi connectivity index (χ1) is 9.99. The summed E-state index contributed by atoms with van der Waals surface area (Å²) in [7, 11) is 0. The Kier molecular flexibility index (Phi) is 7.59. The second-order valence-corrected chi connectivity index (χ2v) is 5.82. The number of hydrogen-bond donors (Lipinski definition) is 2. The number of carbonyl (C=O) groups is 1. The minimum atomic E-state index is 0.0913. The quantitative estimate of drug-likeness (QED) is 0.559. The van der Waals surface area contributed by atoms with Crippen LogP contribution in [0.2, 0.25) is 0 Å². The second kappa shape index (κ2) is 9.22. The van der Waals surface area contributed by atoms with E-state index in [4.69, 9.17) is 0 Å². The highest BCUT2D eigenvalue weighted by molar-refractivity contribution is 5.75. The predicted molar refractivity (Wildman–Crippen MR) is 87.1 cm³/mol. The van der Waals surface area contributed by atoms with E-state index in [9.17, 15) is 9.90 Å². The van der Waals surface area contributed by atoms with Gasteiger partial charge in [0.15, 0.2) is 0 Å². The summed E-state index contributed by atoms with van der Waals surface area (Å²) in [4.78, 5) is 11.7. The molecule has 1 aromatic rings. The van der Waals surface area contributed by atoms with Gasteiger partial charge in [0.05, 0.1) is 0 Å². The van der Waals surface area contributed by atoms with Gasteiger partial charge in [-0.1, -0.05) is 38.1 Å². The number of hydrogen-bond acceptors (Lipinski definition) is 2. The van der Waals surface area contributed by atoms with Crippen LogP contribution in [-0.4, -0.2) is 11.0 Å². The molecule has 0 aliphatic carbocycles. The van der Waals surface area contributed by atoms with Gasteiger partial charge in [0.1, 0.15) is 5.75 Å². The molecule has 0 aromatic heterocycles. The molecule has 2 N–H and O–H groups in total. The Bertz CT molecular complexity index is 478. The van der Waals surface area contributed by atoms with E-state index in [0.29, 0.717) is 24.6 Å². The van der Waals surface area contributed by atoms with Crippen molar-refractivity contribution in [3.8, 4) is 5.75 Å². The lowest BCUT2D eigenvalue weighted by Gasteiger charge is -2.07. The standard InChI is InChI=1S/C18H27NO2/c1-14(2)8-6-4-5-7-9-18(21)19-13-16-10-11-17(20)15(3)12-16/h6,8,10-12,14,20H,4-5,7,9,13H2,1-3H3,(H,19,21). The Morgan fingerprint density at radius 1 is 1.33 bits per heavy atom. The van der Waals surface area contributed by atoms with Crippen molar-refractivity contribution in [1.82, 2.24) is 5.32 Å². The first kappa shape index (κ1) is 17.3. The van der Waals surface area contributed by atoms with Gasteiger partial charge in [-0.2, -0.15) is 0 Å². The molecule has 1 amide bonds. The van der Waals surface area contributed by atoms with Gasteiger partial charge in [0.2, 0.25) is 5.91 Å². The largest absolute Gasteiger partial charge is 0.508 e. The van der Waals surface area contributed by atoms with Crippen LogP contribution in [0.4, 0.5) is 0 Å². The van der Waals surface area contributed by atoms with Crippen molar-refractivity contribution in [3.63, 3.8) is 0 Å². The number of unbranched alkanes of at least 4 members (excludes halogenated alkanes) is 2. The highest BCUT2D eigenvalue weighted by Crippen LogP contribution is 2.16. The van der Waals surface area contributed by atoms with Crippen LogP contribution in [0, 0.1) is 12.8 Å². The van der Waals surface area contributed by atoms with E-state index in [1.807, 2.05) is 19.1 Å². The number of phenolic OH excluding ortho intramolecular Hbond substituents is 1. The van der Waals surface area contributed by atoms with E-state index in [1.165, 1.54) is 0 Å². The van der Waals surface area contributed by atoms with Gasteiger partial charge in [-0.15, -0.1) is 0 Å². The molecule has 0 fully saturated rings. The molecule has 116 valence electrons. The average Bonchev–Trinajstić information content (AvgIpc) is 2.43. The zero-order chi connectivity index (χ0) is 15.7. The molecule has 3 heteroatoms.